The van der Waals surface area contributed by atoms with Crippen molar-refractivity contribution in [1.29, 1.82) is 0 Å². The van der Waals surface area contributed by atoms with Gasteiger partial charge in [-0.2, -0.15) is 11.1 Å². The van der Waals surface area contributed by atoms with Crippen LogP contribution in [-0.2, 0) is 19.2 Å². The Morgan fingerprint density at radius 1 is 1.04 bits per heavy atom. The number of nitrogens with one attached hydrogen (secondary N) is 1. The molecule has 0 saturated carbocycles. The van der Waals surface area contributed by atoms with Gasteiger partial charge in [0.05, 0.1) is 0 Å². The minimum absolute atomic E-state index is 0. The van der Waals surface area contributed by atoms with Gasteiger partial charge in [-0.05, 0) is 19.6 Å². The van der Waals surface area contributed by atoms with E-state index in [-0.39, 0.29) is 37.8 Å². The Hall–Kier alpha value is 1.09. The Labute approximate surface area is 191 Å². The van der Waals surface area contributed by atoms with E-state index in [9.17, 15) is 0 Å². The zero-order chi connectivity index (χ0) is 20.0. The summed E-state index contributed by atoms with van der Waals surface area (Å²) in [6, 6.07) is 0. The second-order valence-electron chi connectivity index (χ2n) is 7.22. The van der Waals surface area contributed by atoms with Crippen molar-refractivity contribution in [3.8, 4) is 0 Å². The molecule has 0 aliphatic heterocycles. The van der Waals surface area contributed by atoms with Crippen LogP contribution in [0, 0.1) is 19.4 Å². The summed E-state index contributed by atoms with van der Waals surface area (Å²) in [5.41, 5.74) is 10.9. The predicted octanol–water partition coefficient (Wildman–Crippen LogP) is 5.36. The summed E-state index contributed by atoms with van der Waals surface area (Å²) in [6.45, 7) is 19.9. The van der Waals surface area contributed by atoms with Crippen LogP contribution < -0.4 is 0 Å². The molecule has 1 aliphatic carbocycles. The summed E-state index contributed by atoms with van der Waals surface area (Å²) in [7, 11) is 1.25. The summed E-state index contributed by atoms with van der Waals surface area (Å²) < 4.78 is 0. The second kappa shape index (κ2) is 24.1. The van der Waals surface area contributed by atoms with Crippen LogP contribution in [0.4, 0.5) is 0 Å². The molecule has 0 heterocycles. The third-order valence-electron chi connectivity index (χ3n) is 2.24. The molecule has 0 aromatic heterocycles. The van der Waals surface area contributed by atoms with Crippen LogP contribution in [-0.4, -0.2) is 38.5 Å². The molecule has 0 aromatic rings. The van der Waals surface area contributed by atoms with E-state index in [0.29, 0.717) is 5.92 Å². The average Bonchev–Trinajstić information content (AvgIpc) is 2.57. The van der Waals surface area contributed by atoms with Gasteiger partial charge in [-0.3, -0.25) is 6.08 Å². The van der Waals surface area contributed by atoms with Gasteiger partial charge in [-0.15, -0.1) is 37.3 Å². The third-order valence-corrected chi connectivity index (χ3v) is 2.24. The van der Waals surface area contributed by atoms with Crippen LogP contribution in [0.5, 0.6) is 0 Å². The molecule has 26 heavy (non-hydrogen) atoms. The Balaban J connectivity index is -0.0000000378. The van der Waals surface area contributed by atoms with Crippen LogP contribution in [0.25, 0.3) is 5.73 Å². The van der Waals surface area contributed by atoms with Crippen molar-refractivity contribution < 1.29 is 29.1 Å². The Morgan fingerprint density at radius 3 is 1.27 bits per heavy atom. The fraction of sp³-hybridized carbons (Fsp3) is 0.722. The third kappa shape index (κ3) is 49.9. The number of aliphatic hydroxyl groups is 1. The molecule has 0 fully saturated rings. The quantitative estimate of drug-likeness (QED) is 0.362. The van der Waals surface area contributed by atoms with Crippen molar-refractivity contribution in [3.05, 3.63) is 36.0 Å². The summed E-state index contributed by atoms with van der Waals surface area (Å²) >= 11 is 2.03. The summed E-state index contributed by atoms with van der Waals surface area (Å²) in [5.74, 6) is 0.560. The van der Waals surface area contributed by atoms with Crippen molar-refractivity contribution in [3.63, 3.8) is 0 Å². The molecule has 0 saturated heterocycles. The first-order valence-electron chi connectivity index (χ1n) is 7.68. The van der Waals surface area contributed by atoms with E-state index in [1.54, 1.807) is 0 Å². The molecule has 8 heteroatoms. The van der Waals surface area contributed by atoms with Gasteiger partial charge in [-0.25, -0.2) is 5.57 Å². The topological polar surface area (TPSA) is 64.3 Å². The van der Waals surface area contributed by atoms with Gasteiger partial charge in [-0.1, -0.05) is 47.5 Å². The maximum absolute atomic E-state index is 8.66. The van der Waals surface area contributed by atoms with Gasteiger partial charge >= 0.3 is 26.8 Å². The molecule has 0 aromatic carbocycles. The van der Waals surface area contributed by atoms with Crippen LogP contribution in [0.1, 0.15) is 48.5 Å². The molecule has 3 N–H and O–H groups in total. The molecule has 0 amide bonds. The number of allylic oxidation sites excluding steroid dienone is 4. The van der Waals surface area contributed by atoms with Gasteiger partial charge in [0.25, 0.3) is 0 Å². The van der Waals surface area contributed by atoms with Crippen molar-refractivity contribution >= 4 is 40.8 Å². The van der Waals surface area contributed by atoms with Gasteiger partial charge in [0.1, 0.15) is 0 Å². The molecule has 162 valence electrons. The van der Waals surface area contributed by atoms with Gasteiger partial charge in [0, 0.05) is 7.11 Å². The molecule has 0 spiro atoms. The zero-order valence-corrected chi connectivity index (χ0v) is 24.6. The normalized spacial score (nSPS) is 14.3. The Kier molecular flexibility index (Phi) is 42.4. The molecule has 1 unspecified atom stereocenters. The molecule has 1 atom stereocenters. The van der Waals surface area contributed by atoms with E-state index < -0.39 is 8.32 Å². The Morgan fingerprint density at radius 2 is 1.23 bits per heavy atom. The molecule has 1 rings (SSSR count). The van der Waals surface area contributed by atoms with E-state index in [1.165, 1.54) is 16.7 Å². The van der Waals surface area contributed by atoms with Crippen LogP contribution >= 0.6 is 24.8 Å². The van der Waals surface area contributed by atoms with Gasteiger partial charge in [0.2, 0.25) is 0 Å². The second-order valence-corrected chi connectivity index (χ2v) is 11.6. The molecule has 3 nitrogen and oxygen atoms in total. The summed E-state index contributed by atoms with van der Waals surface area (Å²) in [6.07, 6.45) is 3.36. The van der Waals surface area contributed by atoms with Crippen molar-refractivity contribution in [2.45, 2.75) is 73.6 Å². The molecular weight excluding hydrogens is 437 g/mol. The van der Waals surface area contributed by atoms with Crippen molar-refractivity contribution in [2.75, 3.05) is 7.11 Å². The number of hydrogen-bond acceptors (Lipinski definition) is 2. The standard InChI is InChI=1S/C9H13.C4H10N.C3H10OSi.CH4O.CH3.2ClH.H2Si.Ti/c1-6-5-7(2)9(4)8(6)3;1-4(2,3)5;1-5(2,3)4;1-2;;;;;/h6H,1-4H3;5H,1-3H3;4H,1-3H3;2H,1H3;1H3;2*1H;1H2;/q2*-1;;;-1;;;;. The Bertz CT molecular complexity index is 343. The molecule has 1 aliphatic rings. The van der Waals surface area contributed by atoms with E-state index in [0.717, 1.165) is 7.11 Å². The number of aliphatic hydroxyl groups excluding tert-OH is 1. The fourth-order valence-electron chi connectivity index (χ4n) is 1.16. The van der Waals surface area contributed by atoms with Crippen molar-refractivity contribution in [2.24, 2.45) is 5.92 Å². The first-order valence-corrected chi connectivity index (χ1v) is 15.1. The number of halogens is 2. The number of hydrogen-bond donors (Lipinski definition) is 2. The van der Waals surface area contributed by atoms with E-state index >= 15 is 0 Å². The average molecular weight is 482 g/mol. The van der Waals surface area contributed by atoms with Gasteiger partial charge in [0.15, 0.2) is 8.32 Å². The van der Waals surface area contributed by atoms with Crippen LogP contribution in [0.2, 0.25) is 19.6 Å². The number of rotatable bonds is 0. The SMILES string of the molecule is CC(C)(C)[NH-].CC1=[C-]C(C)C(C)=C1C.CO.C[Si](C)(C)O.Cl.Cl.[CH3-].[SiH2]=[Ti]. The van der Waals surface area contributed by atoms with Crippen molar-refractivity contribution in [1.82, 2.24) is 0 Å². The van der Waals surface area contributed by atoms with E-state index in [2.05, 4.69) is 33.8 Å². The van der Waals surface area contributed by atoms with Gasteiger partial charge < -0.3 is 23.1 Å². The van der Waals surface area contributed by atoms with Crippen LogP contribution in [0.3, 0.4) is 0 Å². The zero-order valence-electron chi connectivity index (χ0n) is 19.0. The van der Waals surface area contributed by atoms with E-state index in [4.69, 9.17) is 15.6 Å². The molecule has 0 bridgehead atoms. The monoisotopic (exact) mass is 480 g/mol. The summed E-state index contributed by atoms with van der Waals surface area (Å²) in [4.78, 5) is 8.66. The first-order chi connectivity index (χ1) is 10.1. The maximum atomic E-state index is 8.66. The first kappa shape index (κ1) is 45.7. The van der Waals surface area contributed by atoms with Crippen LogP contribution in [0.15, 0.2) is 16.7 Å². The predicted molar refractivity (Wildman–Crippen MR) is 127 cm³/mol. The fourth-order valence-corrected chi connectivity index (χ4v) is 1.16. The minimum atomic E-state index is -1.61. The molecule has 0 radical (unpaired) electrons. The molecular formula is C18H44Cl2NO2Si2Ti-3. The summed E-state index contributed by atoms with van der Waals surface area (Å²) in [5, 5.41) is 7.00. The van der Waals surface area contributed by atoms with E-state index in [1.807, 2.05) is 67.2 Å².